The molecule has 1 heterocycles. The molecule has 0 aliphatic carbocycles. The quantitative estimate of drug-likeness (QED) is 0.675. The van der Waals surface area contributed by atoms with E-state index in [0.29, 0.717) is 5.92 Å². The molecule has 1 aliphatic rings. The van der Waals surface area contributed by atoms with Crippen LogP contribution in [0.3, 0.4) is 0 Å². The molecule has 0 N–H and O–H groups in total. The van der Waals surface area contributed by atoms with E-state index in [9.17, 15) is 0 Å². The predicted molar refractivity (Wildman–Crippen MR) is 66.4 cm³/mol. The summed E-state index contributed by atoms with van der Waals surface area (Å²) < 4.78 is 0. The van der Waals surface area contributed by atoms with Gasteiger partial charge in [0.2, 0.25) is 0 Å². The number of para-hydroxylation sites is 1. The number of fused-ring (bicyclic) bond motifs is 1. The summed E-state index contributed by atoms with van der Waals surface area (Å²) in [6.07, 6.45) is 1.21. The molecule has 2 rings (SSSR count). The molecule has 1 nitrogen and oxygen atoms in total. The molecule has 1 aromatic carbocycles. The third-order valence-corrected chi connectivity index (χ3v) is 4.03. The third-order valence-electron chi connectivity index (χ3n) is 4.03. The second-order valence-corrected chi connectivity index (χ2v) is 5.13. The molecule has 1 heteroatoms. The van der Waals surface area contributed by atoms with Gasteiger partial charge < -0.3 is 4.90 Å². The highest BCUT2D eigenvalue weighted by atomic mass is 15.2. The zero-order chi connectivity index (χ0) is 11.1. The van der Waals surface area contributed by atoms with Crippen LogP contribution in [0, 0.1) is 5.92 Å². The highest BCUT2D eigenvalue weighted by Crippen LogP contribution is 2.39. The van der Waals surface area contributed by atoms with Gasteiger partial charge in [-0.1, -0.05) is 25.1 Å². The summed E-state index contributed by atoms with van der Waals surface area (Å²) in [6, 6.07) is 8.82. The van der Waals surface area contributed by atoms with Gasteiger partial charge in [0.25, 0.3) is 0 Å². The number of anilines is 1. The number of rotatable bonds is 1. The summed E-state index contributed by atoms with van der Waals surface area (Å²) in [7, 11) is 0. The van der Waals surface area contributed by atoms with Gasteiger partial charge in [0.15, 0.2) is 0 Å². The van der Waals surface area contributed by atoms with Gasteiger partial charge >= 0.3 is 0 Å². The fourth-order valence-electron chi connectivity index (χ4n) is 2.68. The van der Waals surface area contributed by atoms with Gasteiger partial charge in [-0.05, 0) is 44.7 Å². The Kier molecular flexibility index (Phi) is 2.49. The van der Waals surface area contributed by atoms with Crippen LogP contribution in [0.15, 0.2) is 24.3 Å². The first kappa shape index (κ1) is 10.5. The van der Waals surface area contributed by atoms with Gasteiger partial charge in [0.05, 0.1) is 0 Å². The molecule has 1 aromatic rings. The average Bonchev–Trinajstić information content (AvgIpc) is 2.20. The summed E-state index contributed by atoms with van der Waals surface area (Å²) in [5.74, 6) is 0.715. The molecule has 0 amide bonds. The van der Waals surface area contributed by atoms with Crippen LogP contribution in [0.25, 0.3) is 0 Å². The van der Waals surface area contributed by atoms with E-state index in [0.717, 1.165) is 6.54 Å². The van der Waals surface area contributed by atoms with E-state index >= 15 is 0 Å². The van der Waals surface area contributed by atoms with E-state index in [1.807, 2.05) is 0 Å². The fourth-order valence-corrected chi connectivity index (χ4v) is 2.68. The van der Waals surface area contributed by atoms with Crippen LogP contribution in [0.4, 0.5) is 5.69 Å². The average molecular weight is 203 g/mol. The van der Waals surface area contributed by atoms with Gasteiger partial charge in [0, 0.05) is 17.8 Å². The summed E-state index contributed by atoms with van der Waals surface area (Å²) in [5.41, 5.74) is 3.22. The maximum absolute atomic E-state index is 2.54. The Morgan fingerprint density at radius 1 is 1.33 bits per heavy atom. The smallest absolute Gasteiger partial charge is 0.0403 e. The summed E-state index contributed by atoms with van der Waals surface area (Å²) in [5, 5.41) is 0. The maximum atomic E-state index is 2.54. The zero-order valence-corrected chi connectivity index (χ0v) is 10.2. The van der Waals surface area contributed by atoms with E-state index < -0.39 is 0 Å². The fraction of sp³-hybridized carbons (Fsp3) is 0.571. The van der Waals surface area contributed by atoms with Gasteiger partial charge in [-0.2, -0.15) is 0 Å². The molecule has 0 saturated heterocycles. The van der Waals surface area contributed by atoms with Gasteiger partial charge in [-0.3, -0.25) is 0 Å². The van der Waals surface area contributed by atoms with Crippen molar-refractivity contribution >= 4 is 5.69 Å². The van der Waals surface area contributed by atoms with Crippen molar-refractivity contribution in [3.63, 3.8) is 0 Å². The minimum Gasteiger partial charge on any atom is -0.366 e. The molecular weight excluding hydrogens is 182 g/mol. The number of hydrogen-bond acceptors (Lipinski definition) is 1. The van der Waals surface area contributed by atoms with E-state index in [1.54, 1.807) is 0 Å². The van der Waals surface area contributed by atoms with Crippen LogP contribution >= 0.6 is 0 Å². The first-order valence-corrected chi connectivity index (χ1v) is 5.93. The van der Waals surface area contributed by atoms with Crippen molar-refractivity contribution < 1.29 is 0 Å². The van der Waals surface area contributed by atoms with Crippen LogP contribution in [0.5, 0.6) is 0 Å². The molecule has 0 radical (unpaired) electrons. The van der Waals surface area contributed by atoms with Crippen molar-refractivity contribution in [1.29, 1.82) is 0 Å². The van der Waals surface area contributed by atoms with Crippen molar-refractivity contribution in [2.24, 2.45) is 5.92 Å². The summed E-state index contributed by atoms with van der Waals surface area (Å²) in [4.78, 5) is 2.54. The maximum Gasteiger partial charge on any atom is 0.0403 e. The highest BCUT2D eigenvalue weighted by molar-refractivity contribution is 5.58. The monoisotopic (exact) mass is 203 g/mol. The largest absolute Gasteiger partial charge is 0.366 e. The van der Waals surface area contributed by atoms with Gasteiger partial charge in [-0.15, -0.1) is 0 Å². The Morgan fingerprint density at radius 2 is 2.00 bits per heavy atom. The van der Waals surface area contributed by atoms with Crippen LogP contribution in [-0.2, 0) is 6.42 Å². The molecule has 0 aromatic heterocycles. The standard InChI is InChI=1S/C14H21N/c1-5-15-13-9-7-6-8-12(13)10-11(2)14(15,3)4/h6-9,11H,5,10H2,1-4H3. The van der Waals surface area contributed by atoms with Crippen LogP contribution < -0.4 is 4.90 Å². The lowest BCUT2D eigenvalue weighted by Gasteiger charge is -2.48. The topological polar surface area (TPSA) is 3.24 Å². The highest BCUT2D eigenvalue weighted by Gasteiger charge is 2.36. The first-order valence-electron chi connectivity index (χ1n) is 5.93. The van der Waals surface area contributed by atoms with E-state index in [4.69, 9.17) is 0 Å². The van der Waals surface area contributed by atoms with Crippen LogP contribution in [0.2, 0.25) is 0 Å². The lowest BCUT2D eigenvalue weighted by molar-refractivity contribution is 0.303. The molecule has 0 saturated carbocycles. The molecular formula is C14H21N. The molecule has 1 unspecified atom stereocenters. The Hall–Kier alpha value is -0.980. The molecule has 0 spiro atoms. The molecule has 82 valence electrons. The van der Waals surface area contributed by atoms with Crippen LogP contribution in [-0.4, -0.2) is 12.1 Å². The van der Waals surface area contributed by atoms with Crippen molar-refractivity contribution in [2.75, 3.05) is 11.4 Å². The zero-order valence-electron chi connectivity index (χ0n) is 10.2. The van der Waals surface area contributed by atoms with Crippen molar-refractivity contribution in [1.82, 2.24) is 0 Å². The Bertz CT molecular complexity index is 354. The SMILES string of the molecule is CCN1c2ccccc2CC(C)C1(C)C. The van der Waals surface area contributed by atoms with Gasteiger partial charge in [0.1, 0.15) is 0 Å². The number of benzene rings is 1. The van der Waals surface area contributed by atoms with Crippen molar-refractivity contribution in [3.05, 3.63) is 29.8 Å². The van der Waals surface area contributed by atoms with Crippen molar-refractivity contribution in [3.8, 4) is 0 Å². The molecule has 0 fully saturated rings. The summed E-state index contributed by atoms with van der Waals surface area (Å²) >= 11 is 0. The molecule has 1 aliphatic heterocycles. The minimum atomic E-state index is 0.281. The predicted octanol–water partition coefficient (Wildman–Crippen LogP) is 3.48. The van der Waals surface area contributed by atoms with E-state index in [-0.39, 0.29) is 5.54 Å². The third kappa shape index (κ3) is 1.54. The lowest BCUT2D eigenvalue weighted by Crippen LogP contribution is -2.52. The van der Waals surface area contributed by atoms with E-state index in [1.165, 1.54) is 17.7 Å². The second kappa shape index (κ2) is 3.55. The molecule has 1 atom stereocenters. The molecule has 15 heavy (non-hydrogen) atoms. The van der Waals surface area contributed by atoms with Crippen molar-refractivity contribution in [2.45, 2.75) is 39.7 Å². The Balaban J connectivity index is 2.50. The van der Waals surface area contributed by atoms with Crippen LogP contribution in [0.1, 0.15) is 33.3 Å². The Labute approximate surface area is 93.1 Å². The minimum absolute atomic E-state index is 0.281. The first-order chi connectivity index (χ1) is 7.07. The normalized spacial score (nSPS) is 23.7. The van der Waals surface area contributed by atoms with Gasteiger partial charge in [-0.25, -0.2) is 0 Å². The number of nitrogens with zero attached hydrogens (tertiary/aromatic N) is 1. The second-order valence-electron chi connectivity index (χ2n) is 5.13. The number of hydrogen-bond donors (Lipinski definition) is 0. The summed E-state index contributed by atoms with van der Waals surface area (Å²) in [6.45, 7) is 10.4. The van der Waals surface area contributed by atoms with E-state index in [2.05, 4.69) is 56.9 Å². The Morgan fingerprint density at radius 3 is 2.67 bits per heavy atom. The molecule has 0 bridgehead atoms. The lowest BCUT2D eigenvalue weighted by atomic mass is 9.78.